The largest absolute Gasteiger partial charge is 0.379 e. The molecule has 1 aliphatic rings. The van der Waals surface area contributed by atoms with E-state index < -0.39 is 0 Å². The van der Waals surface area contributed by atoms with Gasteiger partial charge in [0, 0.05) is 16.1 Å². The van der Waals surface area contributed by atoms with E-state index in [2.05, 4.69) is 38.0 Å². The molecular weight excluding hydrogens is 334 g/mol. The molecule has 1 aromatic carbocycles. The summed E-state index contributed by atoms with van der Waals surface area (Å²) in [5, 5.41) is 6.17. The van der Waals surface area contributed by atoms with Crippen molar-refractivity contribution >= 4 is 26.7 Å². The topological polar surface area (TPSA) is 61.0 Å². The fourth-order valence-corrected chi connectivity index (χ4v) is 2.94. The molecule has 0 bridgehead atoms. The molecule has 5 nitrogen and oxygen atoms in total. The van der Waals surface area contributed by atoms with Gasteiger partial charge in [0.2, 0.25) is 11.7 Å². The molecule has 3 heterocycles. The van der Waals surface area contributed by atoms with E-state index in [-0.39, 0.29) is 5.41 Å². The van der Waals surface area contributed by atoms with E-state index in [4.69, 9.17) is 9.26 Å². The number of ether oxygens (including phenoxy) is 1. The minimum atomic E-state index is -0.170. The van der Waals surface area contributed by atoms with E-state index in [9.17, 15) is 0 Å². The quantitative estimate of drug-likeness (QED) is 0.712. The van der Waals surface area contributed by atoms with Crippen molar-refractivity contribution in [1.82, 2.24) is 15.1 Å². The Balaban J connectivity index is 1.85. The fraction of sp³-hybridized carbons (Fsp3) is 0.267. The molecule has 1 saturated heterocycles. The molecular formula is C15H12BrN3O2. The van der Waals surface area contributed by atoms with Crippen molar-refractivity contribution in [2.75, 3.05) is 13.2 Å². The molecule has 1 fully saturated rings. The van der Waals surface area contributed by atoms with Crippen molar-refractivity contribution in [2.45, 2.75) is 12.3 Å². The summed E-state index contributed by atoms with van der Waals surface area (Å²) in [6.07, 6.45) is 1.76. The molecule has 0 aliphatic carbocycles. The molecule has 21 heavy (non-hydrogen) atoms. The molecule has 0 radical (unpaired) electrons. The van der Waals surface area contributed by atoms with Crippen molar-refractivity contribution in [3.8, 4) is 11.5 Å². The second kappa shape index (κ2) is 4.61. The summed E-state index contributed by atoms with van der Waals surface area (Å²) in [4.78, 5) is 8.94. The van der Waals surface area contributed by atoms with Gasteiger partial charge in [0.25, 0.3) is 0 Å². The number of fused-ring (bicyclic) bond motifs is 1. The van der Waals surface area contributed by atoms with Crippen molar-refractivity contribution in [2.24, 2.45) is 0 Å². The lowest BCUT2D eigenvalue weighted by atomic mass is 9.89. The minimum absolute atomic E-state index is 0.170. The number of pyridine rings is 1. The Bertz CT molecular complexity index is 827. The van der Waals surface area contributed by atoms with Crippen LogP contribution in [0.15, 0.2) is 39.5 Å². The Hall–Kier alpha value is -1.79. The first-order chi connectivity index (χ1) is 10.2. The first-order valence-corrected chi connectivity index (χ1v) is 7.42. The molecule has 4 rings (SSSR count). The van der Waals surface area contributed by atoms with Gasteiger partial charge in [0.05, 0.1) is 18.6 Å². The lowest BCUT2D eigenvalue weighted by molar-refractivity contribution is -0.0644. The first kappa shape index (κ1) is 12.9. The highest BCUT2D eigenvalue weighted by atomic mass is 79.9. The number of hydrogen-bond acceptors (Lipinski definition) is 5. The van der Waals surface area contributed by atoms with E-state index in [1.165, 1.54) is 0 Å². The van der Waals surface area contributed by atoms with Crippen LogP contribution in [0.3, 0.4) is 0 Å². The Morgan fingerprint density at radius 3 is 2.81 bits per heavy atom. The fourth-order valence-electron chi connectivity index (χ4n) is 2.44. The number of rotatable bonds is 2. The van der Waals surface area contributed by atoms with Crippen molar-refractivity contribution in [1.29, 1.82) is 0 Å². The third-order valence-corrected chi connectivity index (χ3v) is 4.44. The van der Waals surface area contributed by atoms with Gasteiger partial charge in [-0.2, -0.15) is 4.98 Å². The first-order valence-electron chi connectivity index (χ1n) is 6.63. The Kier molecular flexibility index (Phi) is 2.83. The standard InChI is InChI=1S/C15H12BrN3O2/c1-15(7-20-8-15)14-18-13(19-21-14)12-10-3-2-4-11(16)9(10)5-6-17-12/h2-6H,7-8H2,1H3. The Labute approximate surface area is 129 Å². The highest BCUT2D eigenvalue weighted by Crippen LogP contribution is 2.33. The number of nitrogens with zero attached hydrogens (tertiary/aromatic N) is 3. The predicted molar refractivity (Wildman–Crippen MR) is 80.9 cm³/mol. The summed E-state index contributed by atoms with van der Waals surface area (Å²) >= 11 is 3.55. The lowest BCUT2D eigenvalue weighted by Gasteiger charge is -2.33. The number of halogens is 1. The van der Waals surface area contributed by atoms with Crippen LogP contribution in [0.2, 0.25) is 0 Å². The molecule has 0 amide bonds. The van der Waals surface area contributed by atoms with Gasteiger partial charge in [-0.3, -0.25) is 4.98 Å². The van der Waals surface area contributed by atoms with Crippen LogP contribution >= 0.6 is 15.9 Å². The zero-order valence-corrected chi connectivity index (χ0v) is 12.9. The zero-order valence-electron chi connectivity index (χ0n) is 11.3. The van der Waals surface area contributed by atoms with Gasteiger partial charge in [0.15, 0.2) is 0 Å². The number of aromatic nitrogens is 3. The second-order valence-corrected chi connectivity index (χ2v) is 6.33. The van der Waals surface area contributed by atoms with Gasteiger partial charge in [-0.25, -0.2) is 0 Å². The van der Waals surface area contributed by atoms with Crippen molar-refractivity contribution in [3.63, 3.8) is 0 Å². The average molecular weight is 346 g/mol. The Morgan fingerprint density at radius 2 is 2.05 bits per heavy atom. The van der Waals surface area contributed by atoms with Crippen LogP contribution in [0.25, 0.3) is 22.3 Å². The minimum Gasteiger partial charge on any atom is -0.379 e. The number of hydrogen-bond donors (Lipinski definition) is 0. The highest BCUT2D eigenvalue weighted by Gasteiger charge is 2.41. The average Bonchev–Trinajstić information content (AvgIpc) is 2.95. The van der Waals surface area contributed by atoms with E-state index in [1.807, 2.05) is 24.3 Å². The highest BCUT2D eigenvalue weighted by molar-refractivity contribution is 9.10. The summed E-state index contributed by atoms with van der Waals surface area (Å²) in [5.74, 6) is 1.12. The van der Waals surface area contributed by atoms with E-state index in [1.54, 1.807) is 6.20 Å². The molecule has 0 spiro atoms. The van der Waals surface area contributed by atoms with E-state index in [0.717, 1.165) is 20.9 Å². The van der Waals surface area contributed by atoms with Crippen LogP contribution in [0.4, 0.5) is 0 Å². The summed E-state index contributed by atoms with van der Waals surface area (Å²) in [6.45, 7) is 3.28. The smallest absolute Gasteiger partial charge is 0.237 e. The van der Waals surface area contributed by atoms with Crippen LogP contribution in [-0.2, 0) is 10.2 Å². The predicted octanol–water partition coefficient (Wildman–Crippen LogP) is 3.34. The van der Waals surface area contributed by atoms with Crippen molar-refractivity contribution < 1.29 is 9.26 Å². The summed E-state index contributed by atoms with van der Waals surface area (Å²) in [6, 6.07) is 7.94. The molecule has 1 aliphatic heterocycles. The van der Waals surface area contributed by atoms with Crippen LogP contribution in [0.1, 0.15) is 12.8 Å². The van der Waals surface area contributed by atoms with Gasteiger partial charge in [-0.1, -0.05) is 33.2 Å². The van der Waals surface area contributed by atoms with Gasteiger partial charge in [0.1, 0.15) is 5.69 Å². The van der Waals surface area contributed by atoms with E-state index in [0.29, 0.717) is 24.9 Å². The molecule has 0 unspecified atom stereocenters. The van der Waals surface area contributed by atoms with Gasteiger partial charge in [-0.05, 0) is 24.4 Å². The zero-order chi connectivity index (χ0) is 14.4. The van der Waals surface area contributed by atoms with Crippen LogP contribution < -0.4 is 0 Å². The van der Waals surface area contributed by atoms with Crippen molar-refractivity contribution in [3.05, 3.63) is 40.8 Å². The van der Waals surface area contributed by atoms with Crippen LogP contribution in [0, 0.1) is 0 Å². The maximum Gasteiger partial charge on any atom is 0.237 e. The number of benzene rings is 1. The maximum atomic E-state index is 5.41. The summed E-state index contributed by atoms with van der Waals surface area (Å²) in [7, 11) is 0. The molecule has 3 aromatic rings. The molecule has 0 atom stereocenters. The van der Waals surface area contributed by atoms with Gasteiger partial charge >= 0.3 is 0 Å². The third-order valence-electron chi connectivity index (χ3n) is 3.75. The van der Waals surface area contributed by atoms with Crippen LogP contribution in [0.5, 0.6) is 0 Å². The maximum absolute atomic E-state index is 5.41. The molecule has 6 heteroatoms. The molecule has 2 aromatic heterocycles. The van der Waals surface area contributed by atoms with Gasteiger partial charge in [-0.15, -0.1) is 0 Å². The summed E-state index contributed by atoms with van der Waals surface area (Å²) < 4.78 is 11.7. The van der Waals surface area contributed by atoms with Crippen LogP contribution in [-0.4, -0.2) is 28.3 Å². The second-order valence-electron chi connectivity index (χ2n) is 5.47. The van der Waals surface area contributed by atoms with Gasteiger partial charge < -0.3 is 9.26 Å². The third kappa shape index (κ3) is 1.98. The SMILES string of the molecule is CC1(c2nc(-c3nccc4c(Br)cccc34)no2)COC1. The Morgan fingerprint density at radius 1 is 1.19 bits per heavy atom. The molecule has 0 saturated carbocycles. The normalized spacial score (nSPS) is 16.9. The van der Waals surface area contributed by atoms with E-state index >= 15 is 0 Å². The lowest BCUT2D eigenvalue weighted by Crippen LogP contribution is -2.44. The molecule has 0 N–H and O–H groups in total. The monoisotopic (exact) mass is 345 g/mol. The molecule has 106 valence electrons. The summed E-state index contributed by atoms with van der Waals surface area (Å²) in [5.41, 5.74) is 0.559.